The normalized spacial score (nSPS) is 10.4. The zero-order valence-corrected chi connectivity index (χ0v) is 12.1. The van der Waals surface area contributed by atoms with Crippen molar-refractivity contribution in [2.24, 2.45) is 0 Å². The molecule has 0 radical (unpaired) electrons. The molecule has 96 valence electrons. The number of hydrogen-bond acceptors (Lipinski definition) is 3. The predicted molar refractivity (Wildman–Crippen MR) is 68.5 cm³/mol. The summed E-state index contributed by atoms with van der Waals surface area (Å²) in [7, 11) is 5.16. The van der Waals surface area contributed by atoms with Gasteiger partial charge in [0.05, 0.1) is 0 Å². The van der Waals surface area contributed by atoms with E-state index in [1.165, 1.54) is 0 Å². The van der Waals surface area contributed by atoms with Crippen LogP contribution in [0.4, 0.5) is 4.39 Å². The number of hydrogen-bond donors (Lipinski definition) is 1. The van der Waals surface area contributed by atoms with E-state index in [-0.39, 0.29) is 20.5 Å². The summed E-state index contributed by atoms with van der Waals surface area (Å²) in [6, 6.07) is 3.84. The van der Waals surface area contributed by atoms with Gasteiger partial charge in [0.25, 0.3) is 0 Å². The summed E-state index contributed by atoms with van der Waals surface area (Å²) in [6.45, 7) is 0.868. The maximum atomic E-state index is 12.5. The number of methoxy groups -OCH3 is 2. The first-order chi connectivity index (χ1) is 8.26. The fourth-order valence-corrected chi connectivity index (χ4v) is 2.80. The summed E-state index contributed by atoms with van der Waals surface area (Å²) >= 11 is -0.208. The molecule has 0 amide bonds. The molecule has 0 saturated heterocycles. The molecule has 0 heterocycles. The third kappa shape index (κ3) is 3.87. The molecule has 0 aliphatic heterocycles. The molecule has 0 unspecified atom stereocenters. The van der Waals surface area contributed by atoms with Crippen LogP contribution in [-0.2, 0) is 6.42 Å². The van der Waals surface area contributed by atoms with Crippen molar-refractivity contribution in [1.29, 1.82) is 0 Å². The zero-order valence-electron chi connectivity index (χ0n) is 10.4. The Balaban J connectivity index is 3.04. The first kappa shape index (κ1) is 14.3. The summed E-state index contributed by atoms with van der Waals surface area (Å²) in [5.41, 5.74) is 0.750. The topological polar surface area (TPSA) is 30.5 Å². The number of halogens is 1. The minimum atomic E-state index is -0.331. The van der Waals surface area contributed by atoms with Crippen molar-refractivity contribution in [3.63, 3.8) is 0 Å². The second kappa shape index (κ2) is 7.54. The van der Waals surface area contributed by atoms with E-state index in [0.29, 0.717) is 0 Å². The Morgan fingerprint density at radius 3 is 2.47 bits per heavy atom. The van der Waals surface area contributed by atoms with E-state index in [1.54, 1.807) is 14.2 Å². The van der Waals surface area contributed by atoms with E-state index in [4.69, 9.17) is 9.47 Å². The fourth-order valence-electron chi connectivity index (χ4n) is 1.56. The molecule has 1 N–H and O–H groups in total. The van der Waals surface area contributed by atoms with Gasteiger partial charge in [-0.2, -0.15) is 0 Å². The van der Waals surface area contributed by atoms with Crippen LogP contribution >= 0.6 is 0 Å². The van der Waals surface area contributed by atoms with Gasteiger partial charge in [-0.3, -0.25) is 0 Å². The molecule has 0 aliphatic carbocycles. The summed E-state index contributed by atoms with van der Waals surface area (Å²) in [5.74, 6) is 1.57. The third-order valence-corrected chi connectivity index (χ3v) is 3.97. The number of alkyl halides is 1. The summed E-state index contributed by atoms with van der Waals surface area (Å²) in [5, 5.41) is 3.09. The van der Waals surface area contributed by atoms with Gasteiger partial charge in [-0.05, 0) is 0 Å². The Bertz CT molecular complexity index is 361. The molecule has 0 fully saturated rings. The van der Waals surface area contributed by atoms with Gasteiger partial charge in [0.15, 0.2) is 0 Å². The first-order valence-corrected chi connectivity index (χ1v) is 7.41. The monoisotopic (exact) mass is 307 g/mol. The van der Waals surface area contributed by atoms with Crippen LogP contribution in [-0.4, -0.2) is 48.3 Å². The summed E-state index contributed by atoms with van der Waals surface area (Å²) < 4.78 is 24.0. The zero-order chi connectivity index (χ0) is 12.7. The van der Waals surface area contributed by atoms with E-state index in [2.05, 4.69) is 5.32 Å². The van der Waals surface area contributed by atoms with Gasteiger partial charge >= 0.3 is 108 Å². The maximum absolute atomic E-state index is 12.5. The molecule has 1 aromatic carbocycles. The van der Waals surface area contributed by atoms with Crippen molar-refractivity contribution < 1.29 is 13.9 Å². The van der Waals surface area contributed by atoms with Crippen molar-refractivity contribution in [1.82, 2.24) is 5.32 Å². The Hall–Kier alpha value is -0.771. The first-order valence-electron chi connectivity index (χ1n) is 5.35. The van der Waals surface area contributed by atoms with E-state index < -0.39 is 0 Å². The van der Waals surface area contributed by atoms with Crippen LogP contribution in [0, 0.1) is 0 Å². The molecule has 17 heavy (non-hydrogen) atoms. The fraction of sp³-hybridized carbons (Fsp3) is 0.500. The van der Waals surface area contributed by atoms with Crippen molar-refractivity contribution in [2.45, 2.75) is 6.42 Å². The molecular weight excluding hydrogens is 288 g/mol. The van der Waals surface area contributed by atoms with Gasteiger partial charge in [-0.15, -0.1) is 0 Å². The van der Waals surface area contributed by atoms with Gasteiger partial charge in [-0.1, -0.05) is 0 Å². The number of likely N-dealkylation sites (N-methyl/N-ethyl adjacent to an activating group) is 1. The van der Waals surface area contributed by atoms with Crippen molar-refractivity contribution >= 4 is 19.4 Å². The average Bonchev–Trinajstić information content (AvgIpc) is 2.36. The van der Waals surface area contributed by atoms with Gasteiger partial charge < -0.3 is 0 Å². The van der Waals surface area contributed by atoms with E-state index in [1.807, 2.05) is 19.2 Å². The van der Waals surface area contributed by atoms with E-state index in [0.717, 1.165) is 34.5 Å². The quantitative estimate of drug-likeness (QED) is 0.753. The van der Waals surface area contributed by atoms with Gasteiger partial charge in [0.2, 0.25) is 0 Å². The van der Waals surface area contributed by atoms with Crippen LogP contribution in [0.5, 0.6) is 11.5 Å². The molecule has 1 aromatic rings. The van der Waals surface area contributed by atoms with Crippen molar-refractivity contribution in [2.75, 3.05) is 33.4 Å². The second-order valence-corrected chi connectivity index (χ2v) is 5.41. The second-order valence-electron chi connectivity index (χ2n) is 3.42. The molecule has 1 rings (SSSR count). The minimum absolute atomic E-state index is 0.208. The Morgan fingerprint density at radius 2 is 1.94 bits per heavy atom. The third-order valence-electron chi connectivity index (χ3n) is 2.42. The Labute approximate surface area is 108 Å². The van der Waals surface area contributed by atoms with Gasteiger partial charge in [0, 0.05) is 0 Å². The van der Waals surface area contributed by atoms with Crippen LogP contribution < -0.4 is 19.3 Å². The molecule has 0 aliphatic rings. The molecule has 0 spiro atoms. The van der Waals surface area contributed by atoms with E-state index in [9.17, 15) is 4.39 Å². The summed E-state index contributed by atoms with van der Waals surface area (Å²) in [4.78, 5) is 0. The van der Waals surface area contributed by atoms with Gasteiger partial charge in [-0.25, -0.2) is 0 Å². The van der Waals surface area contributed by atoms with Crippen LogP contribution in [0.15, 0.2) is 12.1 Å². The summed E-state index contributed by atoms with van der Waals surface area (Å²) in [6.07, 6.45) is 0.860. The van der Waals surface area contributed by atoms with Crippen molar-refractivity contribution in [3.05, 3.63) is 17.7 Å². The number of rotatable bonds is 7. The average molecular weight is 306 g/mol. The molecule has 5 heteroatoms. The van der Waals surface area contributed by atoms with Crippen LogP contribution in [0.2, 0.25) is 0 Å². The molecule has 0 aromatic heterocycles. The SMILES string of the molecule is CNCCc1cc(OC)c([Se]CF)cc1OC. The van der Waals surface area contributed by atoms with E-state index >= 15 is 0 Å². The Kier molecular flexibility index (Phi) is 6.33. The number of benzene rings is 1. The van der Waals surface area contributed by atoms with Crippen LogP contribution in [0.25, 0.3) is 0 Å². The van der Waals surface area contributed by atoms with Crippen LogP contribution in [0.3, 0.4) is 0 Å². The Morgan fingerprint density at radius 1 is 1.24 bits per heavy atom. The standard InChI is InChI=1S/C12H18FNO2Se/c1-14-5-4-9-6-11(16-3)12(17-8-13)7-10(9)15-2/h6-7,14H,4-5,8H2,1-3H3. The number of nitrogens with one attached hydrogen (secondary N) is 1. The molecular formula is C12H18FNO2Se. The molecule has 3 nitrogen and oxygen atoms in total. The molecule has 0 bridgehead atoms. The number of ether oxygens (including phenoxy) is 2. The predicted octanol–water partition coefficient (Wildman–Crippen LogP) is 0.722. The van der Waals surface area contributed by atoms with Gasteiger partial charge in [0.1, 0.15) is 0 Å². The molecule has 0 saturated carbocycles. The van der Waals surface area contributed by atoms with Crippen molar-refractivity contribution in [3.8, 4) is 11.5 Å². The molecule has 0 atom stereocenters. The van der Waals surface area contributed by atoms with Crippen LogP contribution in [0.1, 0.15) is 5.56 Å².